The van der Waals surface area contributed by atoms with Gasteiger partial charge >= 0.3 is 0 Å². The van der Waals surface area contributed by atoms with Crippen LogP contribution in [0.25, 0.3) is 0 Å². The average molecular weight is 284 g/mol. The van der Waals surface area contributed by atoms with E-state index in [-0.39, 0.29) is 0 Å². The molecule has 1 aromatic carbocycles. The lowest BCUT2D eigenvalue weighted by Gasteiger charge is -2.07. The number of hydrogen-bond acceptors (Lipinski definition) is 2. The van der Waals surface area contributed by atoms with Gasteiger partial charge in [-0.25, -0.2) is 8.99 Å². The van der Waals surface area contributed by atoms with Crippen LogP contribution in [-0.2, 0) is 9.92 Å². The number of benzene rings is 1. The fraction of sp³-hybridized carbons (Fsp3) is 0.143. The third kappa shape index (κ3) is 3.54. The molecule has 0 aliphatic heterocycles. The minimum atomic E-state index is -2.76. The fourth-order valence-corrected chi connectivity index (χ4v) is 2.16. The van der Waals surface area contributed by atoms with Crippen LogP contribution in [0.1, 0.15) is 0 Å². The normalized spacial score (nSPS) is 15.0. The summed E-state index contributed by atoms with van der Waals surface area (Å²) in [5, 5.41) is 0.441. The summed E-state index contributed by atoms with van der Waals surface area (Å²) in [5.74, 6) is 0. The van der Waals surface area contributed by atoms with Gasteiger partial charge in [0.15, 0.2) is 0 Å². The molecule has 1 unspecified atom stereocenters. The van der Waals surface area contributed by atoms with Crippen LogP contribution in [0.2, 0.25) is 5.02 Å². The van der Waals surface area contributed by atoms with Crippen LogP contribution in [0, 0.1) is 4.78 Å². The van der Waals surface area contributed by atoms with E-state index in [4.69, 9.17) is 16.4 Å². The zero-order valence-corrected chi connectivity index (χ0v) is 9.96. The summed E-state index contributed by atoms with van der Waals surface area (Å²) in [6.45, 7) is 0. The van der Waals surface area contributed by atoms with E-state index in [1.807, 2.05) is 0 Å². The van der Waals surface area contributed by atoms with Crippen molar-refractivity contribution in [3.63, 3.8) is 0 Å². The van der Waals surface area contributed by atoms with Gasteiger partial charge < -0.3 is 0 Å². The maximum absolute atomic E-state index is 11.1. The van der Waals surface area contributed by atoms with Crippen molar-refractivity contribution in [3.8, 4) is 0 Å². The molecule has 0 aliphatic rings. The lowest BCUT2D eigenvalue weighted by molar-refractivity contribution is 0.682. The summed E-state index contributed by atoms with van der Waals surface area (Å²) >= 11 is 9.08. The van der Waals surface area contributed by atoms with E-state index in [0.717, 1.165) is 4.47 Å². The fourth-order valence-electron chi connectivity index (χ4n) is 0.782. The topological polar surface area (TPSA) is 53.0 Å². The minimum Gasteiger partial charge on any atom is -0.298 e. The van der Waals surface area contributed by atoms with Gasteiger partial charge in [-0.05, 0) is 18.2 Å². The van der Waals surface area contributed by atoms with Gasteiger partial charge in [0, 0.05) is 10.7 Å². The number of halogens is 2. The van der Waals surface area contributed by atoms with Gasteiger partial charge in [0.1, 0.15) is 9.92 Å². The Morgan fingerprint density at radius 1 is 1.62 bits per heavy atom. The standard InChI is InChI=1S/C7H8BrClN2OS/c1-13(10,12)11-7-3-2-5(8)4-6(7)9/h2-4H,1H3,(H2,10,11,12). The van der Waals surface area contributed by atoms with Crippen molar-refractivity contribution in [2.75, 3.05) is 11.0 Å². The highest BCUT2D eigenvalue weighted by molar-refractivity contribution is 9.10. The summed E-state index contributed by atoms with van der Waals surface area (Å²) in [6, 6.07) is 5.11. The molecule has 0 saturated carbocycles. The Balaban J connectivity index is 3.04. The van der Waals surface area contributed by atoms with Gasteiger partial charge in [0.05, 0.1) is 10.7 Å². The van der Waals surface area contributed by atoms with Crippen molar-refractivity contribution in [1.29, 1.82) is 4.78 Å². The highest BCUT2D eigenvalue weighted by Crippen LogP contribution is 2.26. The minimum absolute atomic E-state index is 0.441. The average Bonchev–Trinajstić information content (AvgIpc) is 1.93. The second kappa shape index (κ2) is 3.86. The van der Waals surface area contributed by atoms with E-state index in [2.05, 4.69) is 20.7 Å². The highest BCUT2D eigenvalue weighted by atomic mass is 79.9. The molecule has 1 atom stereocenters. The highest BCUT2D eigenvalue weighted by Gasteiger charge is 2.03. The van der Waals surface area contributed by atoms with E-state index < -0.39 is 9.92 Å². The predicted octanol–water partition coefficient (Wildman–Crippen LogP) is 3.11. The van der Waals surface area contributed by atoms with E-state index in [1.165, 1.54) is 6.26 Å². The van der Waals surface area contributed by atoms with Crippen molar-refractivity contribution >= 4 is 43.1 Å². The van der Waals surface area contributed by atoms with Crippen molar-refractivity contribution in [3.05, 3.63) is 27.7 Å². The number of rotatable bonds is 2. The molecule has 0 aromatic heterocycles. The molecule has 13 heavy (non-hydrogen) atoms. The van der Waals surface area contributed by atoms with E-state index in [9.17, 15) is 4.21 Å². The monoisotopic (exact) mass is 282 g/mol. The Bertz CT molecular complexity index is 419. The third-order valence-corrected chi connectivity index (χ3v) is 2.65. The van der Waals surface area contributed by atoms with Crippen LogP contribution < -0.4 is 4.72 Å². The molecule has 0 aliphatic carbocycles. The molecule has 0 fully saturated rings. The smallest absolute Gasteiger partial charge is 0.123 e. The van der Waals surface area contributed by atoms with Crippen LogP contribution in [0.5, 0.6) is 0 Å². The molecule has 0 heterocycles. The number of anilines is 1. The van der Waals surface area contributed by atoms with Crippen LogP contribution in [-0.4, -0.2) is 10.5 Å². The van der Waals surface area contributed by atoms with Gasteiger partial charge in [0.25, 0.3) is 0 Å². The summed E-state index contributed by atoms with van der Waals surface area (Å²) in [6.07, 6.45) is 1.30. The maximum Gasteiger partial charge on any atom is 0.123 e. The summed E-state index contributed by atoms with van der Waals surface area (Å²) in [7, 11) is -2.76. The maximum atomic E-state index is 11.1. The molecular formula is C7H8BrClN2OS. The van der Waals surface area contributed by atoms with E-state index >= 15 is 0 Å². The van der Waals surface area contributed by atoms with Crippen molar-refractivity contribution in [2.45, 2.75) is 0 Å². The first-order chi connectivity index (χ1) is 5.88. The van der Waals surface area contributed by atoms with E-state index in [1.54, 1.807) is 18.2 Å². The molecule has 0 radical (unpaired) electrons. The summed E-state index contributed by atoms with van der Waals surface area (Å²) in [5.41, 5.74) is 0.507. The molecule has 0 bridgehead atoms. The van der Waals surface area contributed by atoms with Gasteiger partial charge in [-0.15, -0.1) is 0 Å². The summed E-state index contributed by atoms with van der Waals surface area (Å²) < 4.78 is 21.6. The Labute approximate surface area is 90.7 Å². The summed E-state index contributed by atoms with van der Waals surface area (Å²) in [4.78, 5) is 0. The van der Waals surface area contributed by atoms with E-state index in [0.29, 0.717) is 10.7 Å². The van der Waals surface area contributed by atoms with Crippen molar-refractivity contribution < 1.29 is 4.21 Å². The van der Waals surface area contributed by atoms with Crippen LogP contribution in [0.15, 0.2) is 22.7 Å². The predicted molar refractivity (Wildman–Crippen MR) is 59.6 cm³/mol. The lowest BCUT2D eigenvalue weighted by atomic mass is 10.3. The van der Waals surface area contributed by atoms with Gasteiger partial charge in [-0.1, -0.05) is 27.5 Å². The Morgan fingerprint density at radius 3 is 2.69 bits per heavy atom. The lowest BCUT2D eigenvalue weighted by Crippen LogP contribution is -2.07. The molecule has 0 spiro atoms. The van der Waals surface area contributed by atoms with Crippen molar-refractivity contribution in [2.24, 2.45) is 0 Å². The second-order valence-corrected chi connectivity index (χ2v) is 5.78. The van der Waals surface area contributed by atoms with Crippen LogP contribution in [0.4, 0.5) is 5.69 Å². The SMILES string of the molecule is CS(=N)(=O)Nc1ccc(Br)cc1Cl. The van der Waals surface area contributed by atoms with Crippen molar-refractivity contribution in [1.82, 2.24) is 0 Å². The quantitative estimate of drug-likeness (QED) is 0.861. The largest absolute Gasteiger partial charge is 0.298 e. The van der Waals surface area contributed by atoms with Crippen LogP contribution in [0.3, 0.4) is 0 Å². The zero-order chi connectivity index (χ0) is 10.1. The third-order valence-electron chi connectivity index (χ3n) is 1.24. The van der Waals surface area contributed by atoms with Gasteiger partial charge in [-0.3, -0.25) is 4.72 Å². The Hall–Kier alpha value is -0.260. The van der Waals surface area contributed by atoms with Gasteiger partial charge in [0.2, 0.25) is 0 Å². The number of nitrogens with one attached hydrogen (secondary N) is 2. The second-order valence-electron chi connectivity index (χ2n) is 2.57. The first-order valence-corrected chi connectivity index (χ1v) is 6.49. The molecule has 1 rings (SSSR count). The van der Waals surface area contributed by atoms with Crippen LogP contribution >= 0.6 is 27.5 Å². The molecular weight excluding hydrogens is 276 g/mol. The Kier molecular flexibility index (Phi) is 3.21. The molecule has 1 aromatic rings. The molecule has 0 amide bonds. The molecule has 2 N–H and O–H groups in total. The molecule has 6 heteroatoms. The zero-order valence-electron chi connectivity index (χ0n) is 6.80. The Morgan fingerprint density at radius 2 is 2.23 bits per heavy atom. The molecule has 3 nitrogen and oxygen atoms in total. The number of hydrogen-bond donors (Lipinski definition) is 2. The first kappa shape index (κ1) is 10.8. The molecule has 72 valence electrons. The first-order valence-electron chi connectivity index (χ1n) is 3.35. The van der Waals surface area contributed by atoms with Gasteiger partial charge in [-0.2, -0.15) is 0 Å². The molecule has 0 saturated heterocycles.